The van der Waals surface area contributed by atoms with Crippen LogP contribution in [0.5, 0.6) is 17.4 Å². The Morgan fingerprint density at radius 3 is 2.35 bits per heavy atom. The van der Waals surface area contributed by atoms with Gasteiger partial charge in [0.15, 0.2) is 0 Å². The molecule has 4 rings (SSSR count). The summed E-state index contributed by atoms with van der Waals surface area (Å²) in [4.78, 5) is 17.7. The number of para-hydroxylation sites is 2. The molecule has 0 aliphatic heterocycles. The van der Waals surface area contributed by atoms with Gasteiger partial charge in [0.1, 0.15) is 11.5 Å². The molecule has 4 aromatic rings. The molecule has 0 fully saturated rings. The van der Waals surface area contributed by atoms with Gasteiger partial charge in [0.25, 0.3) is 5.56 Å². The van der Waals surface area contributed by atoms with Crippen molar-refractivity contribution in [2.24, 2.45) is 4.99 Å². The average Bonchev–Trinajstić information content (AvgIpc) is 2.80. The van der Waals surface area contributed by atoms with Gasteiger partial charge in [-0.15, -0.1) is 0 Å². The number of hydrogen-bond acceptors (Lipinski definition) is 5. The molecule has 0 aliphatic rings. The lowest BCUT2D eigenvalue weighted by Crippen LogP contribution is -2.20. The van der Waals surface area contributed by atoms with E-state index in [4.69, 9.17) is 9.47 Å². The standard InChI is InChI=1S/C25H22N2O4/c1-3-31-18-14-12-17(13-15-18)26-16-21-19-8-4-5-9-20(19)24(28)27(25(21)29)22-10-6-7-11-23(22)30-2/h4-16,29H,3H2,1-2H3. The Morgan fingerprint density at radius 1 is 0.968 bits per heavy atom. The maximum atomic E-state index is 13.2. The van der Waals surface area contributed by atoms with Crippen molar-refractivity contribution in [2.45, 2.75) is 6.92 Å². The van der Waals surface area contributed by atoms with Crippen LogP contribution < -0.4 is 15.0 Å². The number of aromatic hydroxyl groups is 1. The fourth-order valence-corrected chi connectivity index (χ4v) is 3.46. The number of hydrogen-bond donors (Lipinski definition) is 1. The first kappa shape index (κ1) is 20.2. The molecular weight excluding hydrogens is 392 g/mol. The van der Waals surface area contributed by atoms with Gasteiger partial charge in [-0.1, -0.05) is 30.3 Å². The topological polar surface area (TPSA) is 73.1 Å². The maximum absolute atomic E-state index is 13.2. The molecule has 0 atom stereocenters. The van der Waals surface area contributed by atoms with Crippen LogP contribution in [0.15, 0.2) is 82.6 Å². The second-order valence-corrected chi connectivity index (χ2v) is 6.78. The Kier molecular flexibility index (Phi) is 5.71. The molecule has 31 heavy (non-hydrogen) atoms. The van der Waals surface area contributed by atoms with E-state index in [2.05, 4.69) is 4.99 Å². The molecule has 3 aromatic carbocycles. The van der Waals surface area contributed by atoms with E-state index in [1.54, 1.807) is 48.7 Å². The minimum atomic E-state index is -0.337. The molecule has 1 heterocycles. The highest BCUT2D eigenvalue weighted by atomic mass is 16.5. The molecule has 0 saturated heterocycles. The third-order valence-electron chi connectivity index (χ3n) is 4.92. The number of pyridine rings is 1. The molecule has 1 N–H and O–H groups in total. The highest BCUT2D eigenvalue weighted by Crippen LogP contribution is 2.30. The van der Waals surface area contributed by atoms with Crippen molar-refractivity contribution >= 4 is 22.7 Å². The van der Waals surface area contributed by atoms with Crippen LogP contribution in [0.4, 0.5) is 5.69 Å². The van der Waals surface area contributed by atoms with Crippen LogP contribution in [0.1, 0.15) is 12.5 Å². The molecule has 0 radical (unpaired) electrons. The van der Waals surface area contributed by atoms with Gasteiger partial charge in [-0.3, -0.25) is 9.79 Å². The van der Waals surface area contributed by atoms with Crippen LogP contribution in [-0.4, -0.2) is 29.6 Å². The van der Waals surface area contributed by atoms with Gasteiger partial charge >= 0.3 is 0 Å². The number of fused-ring (bicyclic) bond motifs is 1. The lowest BCUT2D eigenvalue weighted by molar-refractivity contribution is 0.340. The number of methoxy groups -OCH3 is 1. The number of nitrogens with zero attached hydrogens (tertiary/aromatic N) is 2. The van der Waals surface area contributed by atoms with Crippen molar-refractivity contribution in [1.82, 2.24) is 4.57 Å². The molecule has 0 unspecified atom stereocenters. The van der Waals surface area contributed by atoms with Crippen molar-refractivity contribution in [3.8, 4) is 23.1 Å². The van der Waals surface area contributed by atoms with Gasteiger partial charge in [0.05, 0.1) is 30.7 Å². The van der Waals surface area contributed by atoms with Crippen LogP contribution in [0.25, 0.3) is 16.5 Å². The van der Waals surface area contributed by atoms with Gasteiger partial charge in [-0.2, -0.15) is 0 Å². The van der Waals surface area contributed by atoms with Gasteiger partial charge in [-0.25, -0.2) is 4.57 Å². The minimum absolute atomic E-state index is 0.206. The molecule has 0 amide bonds. The van der Waals surface area contributed by atoms with Crippen LogP contribution in [0, 0.1) is 0 Å². The molecule has 0 bridgehead atoms. The van der Waals surface area contributed by atoms with Crippen LogP contribution >= 0.6 is 0 Å². The highest BCUT2D eigenvalue weighted by molar-refractivity contribution is 6.02. The second-order valence-electron chi connectivity index (χ2n) is 6.78. The van der Waals surface area contributed by atoms with Crippen molar-refractivity contribution in [3.05, 3.63) is 88.7 Å². The zero-order chi connectivity index (χ0) is 21.8. The largest absolute Gasteiger partial charge is 0.495 e. The normalized spacial score (nSPS) is 11.2. The van der Waals surface area contributed by atoms with E-state index >= 15 is 0 Å². The number of ether oxygens (including phenoxy) is 2. The van der Waals surface area contributed by atoms with Gasteiger partial charge in [-0.05, 0) is 49.4 Å². The summed E-state index contributed by atoms with van der Waals surface area (Å²) < 4.78 is 12.1. The lowest BCUT2D eigenvalue weighted by atomic mass is 10.1. The summed E-state index contributed by atoms with van der Waals surface area (Å²) >= 11 is 0. The number of aromatic nitrogens is 1. The quantitative estimate of drug-likeness (QED) is 0.458. The van der Waals surface area contributed by atoms with Crippen molar-refractivity contribution in [1.29, 1.82) is 0 Å². The van der Waals surface area contributed by atoms with Gasteiger partial charge in [0, 0.05) is 17.0 Å². The van der Waals surface area contributed by atoms with E-state index in [-0.39, 0.29) is 11.4 Å². The highest BCUT2D eigenvalue weighted by Gasteiger charge is 2.18. The maximum Gasteiger partial charge on any atom is 0.265 e. The van der Waals surface area contributed by atoms with E-state index in [0.717, 1.165) is 5.75 Å². The lowest BCUT2D eigenvalue weighted by Gasteiger charge is -2.16. The fraction of sp³-hybridized carbons (Fsp3) is 0.120. The van der Waals surface area contributed by atoms with E-state index in [9.17, 15) is 9.90 Å². The molecule has 0 saturated carbocycles. The van der Waals surface area contributed by atoms with Crippen LogP contribution in [-0.2, 0) is 0 Å². The summed E-state index contributed by atoms with van der Waals surface area (Å²) in [7, 11) is 1.52. The molecule has 156 valence electrons. The van der Waals surface area contributed by atoms with E-state index < -0.39 is 0 Å². The number of benzene rings is 3. The van der Waals surface area contributed by atoms with Crippen molar-refractivity contribution in [3.63, 3.8) is 0 Å². The van der Waals surface area contributed by atoms with Crippen molar-refractivity contribution in [2.75, 3.05) is 13.7 Å². The van der Waals surface area contributed by atoms with Crippen LogP contribution in [0.3, 0.4) is 0 Å². The summed E-state index contributed by atoms with van der Waals surface area (Å²) in [5, 5.41) is 12.2. The Labute approximate surface area is 179 Å². The summed E-state index contributed by atoms with van der Waals surface area (Å²) in [6.45, 7) is 2.52. The molecule has 0 aliphatic carbocycles. The Bertz CT molecular complexity index is 1310. The SMILES string of the molecule is CCOc1ccc(N=Cc2c(O)n(-c3ccccc3OC)c(=O)c3ccccc23)cc1. The molecule has 6 nitrogen and oxygen atoms in total. The number of rotatable bonds is 6. The molecule has 6 heteroatoms. The summed E-state index contributed by atoms with van der Waals surface area (Å²) in [6.07, 6.45) is 1.57. The first-order chi connectivity index (χ1) is 15.1. The summed E-state index contributed by atoms with van der Waals surface area (Å²) in [6, 6.07) is 21.5. The second kappa shape index (κ2) is 8.75. The van der Waals surface area contributed by atoms with E-state index in [1.807, 2.05) is 37.3 Å². The Morgan fingerprint density at radius 2 is 1.65 bits per heavy atom. The van der Waals surface area contributed by atoms with Crippen LogP contribution in [0.2, 0.25) is 0 Å². The first-order valence-electron chi connectivity index (χ1n) is 9.91. The number of aliphatic imine (C=N–C) groups is 1. The van der Waals surface area contributed by atoms with Crippen molar-refractivity contribution < 1.29 is 14.6 Å². The predicted molar refractivity (Wildman–Crippen MR) is 123 cm³/mol. The molecular formula is C25H22N2O4. The fourth-order valence-electron chi connectivity index (χ4n) is 3.46. The summed E-state index contributed by atoms with van der Waals surface area (Å²) in [5.41, 5.74) is 1.25. The van der Waals surface area contributed by atoms with E-state index in [0.29, 0.717) is 40.1 Å². The zero-order valence-electron chi connectivity index (χ0n) is 17.3. The average molecular weight is 414 g/mol. The first-order valence-corrected chi connectivity index (χ1v) is 9.91. The van der Waals surface area contributed by atoms with Gasteiger partial charge in [0.2, 0.25) is 5.88 Å². The third kappa shape index (κ3) is 3.88. The molecule has 1 aromatic heterocycles. The summed E-state index contributed by atoms with van der Waals surface area (Å²) in [5.74, 6) is 1.03. The van der Waals surface area contributed by atoms with E-state index in [1.165, 1.54) is 11.7 Å². The smallest absolute Gasteiger partial charge is 0.265 e. The predicted octanol–water partition coefficient (Wildman–Crippen LogP) is 4.85. The monoisotopic (exact) mass is 414 g/mol. The molecule has 0 spiro atoms. The minimum Gasteiger partial charge on any atom is -0.495 e. The Balaban J connectivity index is 1.90. The van der Waals surface area contributed by atoms with Gasteiger partial charge < -0.3 is 14.6 Å². The Hall–Kier alpha value is -4.06. The zero-order valence-corrected chi connectivity index (χ0v) is 17.3. The third-order valence-corrected chi connectivity index (χ3v) is 4.92.